The molecule has 1 aromatic carbocycles. The minimum Gasteiger partial charge on any atom is -0.508 e. The number of phenols is 1. The average Bonchev–Trinajstić information content (AvgIpc) is 2.81. The highest BCUT2D eigenvalue weighted by Gasteiger charge is 2.46. The van der Waals surface area contributed by atoms with Gasteiger partial charge in [-0.15, -0.1) is 0 Å². The average molecular weight is 247 g/mol. The zero-order valence-electron chi connectivity index (χ0n) is 9.70. The van der Waals surface area contributed by atoms with Gasteiger partial charge in [0.1, 0.15) is 18.0 Å². The van der Waals surface area contributed by atoms with Gasteiger partial charge in [0.05, 0.1) is 6.54 Å². The largest absolute Gasteiger partial charge is 0.508 e. The maximum absolute atomic E-state index is 12.0. The number of carbonyl (C=O) groups excluding carboxylic acids is 2. The van der Waals surface area contributed by atoms with Gasteiger partial charge >= 0.3 is 0 Å². The van der Waals surface area contributed by atoms with Crippen LogP contribution in [-0.2, 0) is 20.9 Å². The molecule has 3 rings (SSSR count). The zero-order valence-corrected chi connectivity index (χ0v) is 9.70. The third-order valence-electron chi connectivity index (χ3n) is 3.42. The van der Waals surface area contributed by atoms with Crippen molar-refractivity contribution in [1.29, 1.82) is 0 Å². The number of nitrogens with zero attached hydrogens (tertiary/aromatic N) is 1. The van der Waals surface area contributed by atoms with Crippen molar-refractivity contribution in [1.82, 2.24) is 4.90 Å². The lowest BCUT2D eigenvalue weighted by atomic mass is 10.1. The molecule has 2 bridgehead atoms. The SMILES string of the molecule is O=C1C2CCC(O2)C(=O)N1Cc1ccccc1O. The summed E-state index contributed by atoms with van der Waals surface area (Å²) in [5, 5.41) is 9.68. The molecule has 2 amide bonds. The second kappa shape index (κ2) is 4.10. The molecule has 0 spiro atoms. The Bertz CT molecular complexity index is 491. The molecule has 5 nitrogen and oxygen atoms in total. The van der Waals surface area contributed by atoms with E-state index in [1.165, 1.54) is 4.90 Å². The molecule has 2 atom stereocenters. The van der Waals surface area contributed by atoms with Gasteiger partial charge in [-0.2, -0.15) is 0 Å². The molecule has 2 fully saturated rings. The predicted molar refractivity (Wildman–Crippen MR) is 61.6 cm³/mol. The summed E-state index contributed by atoms with van der Waals surface area (Å²) >= 11 is 0. The molecular formula is C13H13NO4. The number of hydrogen-bond acceptors (Lipinski definition) is 4. The van der Waals surface area contributed by atoms with Crippen molar-refractivity contribution in [3.8, 4) is 5.75 Å². The minimum absolute atomic E-state index is 0.0944. The fourth-order valence-corrected chi connectivity index (χ4v) is 2.43. The Balaban J connectivity index is 1.86. The van der Waals surface area contributed by atoms with Crippen LogP contribution in [0.25, 0.3) is 0 Å². The van der Waals surface area contributed by atoms with Crippen molar-refractivity contribution in [2.45, 2.75) is 31.6 Å². The van der Waals surface area contributed by atoms with Crippen LogP contribution < -0.4 is 0 Å². The summed E-state index contributed by atoms with van der Waals surface area (Å²) in [5.74, 6) is -0.494. The summed E-state index contributed by atoms with van der Waals surface area (Å²) in [7, 11) is 0. The Morgan fingerprint density at radius 1 is 1.17 bits per heavy atom. The highest BCUT2D eigenvalue weighted by atomic mass is 16.5. The van der Waals surface area contributed by atoms with E-state index in [1.54, 1.807) is 24.3 Å². The van der Waals surface area contributed by atoms with Crippen LogP contribution in [0.2, 0.25) is 0 Å². The number of hydrogen-bond donors (Lipinski definition) is 1. The molecule has 2 heterocycles. The van der Waals surface area contributed by atoms with Crippen molar-refractivity contribution < 1.29 is 19.4 Å². The van der Waals surface area contributed by atoms with Gasteiger partial charge in [0.15, 0.2) is 0 Å². The third-order valence-corrected chi connectivity index (χ3v) is 3.42. The van der Waals surface area contributed by atoms with E-state index in [2.05, 4.69) is 0 Å². The van der Waals surface area contributed by atoms with E-state index in [9.17, 15) is 14.7 Å². The molecule has 18 heavy (non-hydrogen) atoms. The molecule has 1 aromatic rings. The molecule has 2 saturated heterocycles. The van der Waals surface area contributed by atoms with Gasteiger partial charge in [-0.05, 0) is 18.9 Å². The van der Waals surface area contributed by atoms with Crippen LogP contribution in [0.5, 0.6) is 5.75 Å². The molecule has 0 saturated carbocycles. The zero-order chi connectivity index (χ0) is 12.7. The summed E-state index contributed by atoms with van der Waals surface area (Å²) in [6.45, 7) is 0.112. The Kier molecular flexibility index (Phi) is 2.56. The summed E-state index contributed by atoms with van der Waals surface area (Å²) in [5.41, 5.74) is 0.570. The van der Waals surface area contributed by atoms with Crippen molar-refractivity contribution >= 4 is 11.8 Å². The van der Waals surface area contributed by atoms with Crippen LogP contribution in [-0.4, -0.2) is 34.0 Å². The van der Waals surface area contributed by atoms with E-state index in [-0.39, 0.29) is 24.1 Å². The first kappa shape index (κ1) is 11.2. The van der Waals surface area contributed by atoms with Gasteiger partial charge in [-0.1, -0.05) is 18.2 Å². The number of rotatable bonds is 2. The number of aromatic hydroxyl groups is 1. The minimum atomic E-state index is -0.487. The molecule has 1 N–H and O–H groups in total. The summed E-state index contributed by atoms with van der Waals surface area (Å²) in [6.07, 6.45) is 0.232. The highest BCUT2D eigenvalue weighted by Crippen LogP contribution is 2.30. The van der Waals surface area contributed by atoms with Gasteiger partial charge in [0, 0.05) is 5.56 Å². The molecule has 5 heteroatoms. The lowest BCUT2D eigenvalue weighted by molar-refractivity contribution is -0.169. The first-order valence-electron chi connectivity index (χ1n) is 5.94. The summed E-state index contributed by atoms with van der Waals surface area (Å²) in [4.78, 5) is 25.2. The molecule has 2 aliphatic heterocycles. The second-order valence-corrected chi connectivity index (χ2v) is 4.58. The smallest absolute Gasteiger partial charge is 0.258 e. The number of benzene rings is 1. The fraction of sp³-hybridized carbons (Fsp3) is 0.385. The standard InChI is InChI=1S/C13H13NO4/c15-9-4-2-1-3-8(9)7-14-12(16)10-5-6-11(18-10)13(14)17/h1-4,10-11,15H,5-7H2. The van der Waals surface area contributed by atoms with Crippen LogP contribution >= 0.6 is 0 Å². The van der Waals surface area contributed by atoms with Crippen LogP contribution in [0.1, 0.15) is 18.4 Å². The van der Waals surface area contributed by atoms with E-state index < -0.39 is 12.2 Å². The van der Waals surface area contributed by atoms with Crippen molar-refractivity contribution in [3.05, 3.63) is 29.8 Å². The monoisotopic (exact) mass is 247 g/mol. The Morgan fingerprint density at radius 3 is 2.39 bits per heavy atom. The Labute approximate surface area is 104 Å². The highest BCUT2D eigenvalue weighted by molar-refractivity contribution is 6.02. The van der Waals surface area contributed by atoms with E-state index in [1.807, 2.05) is 0 Å². The second-order valence-electron chi connectivity index (χ2n) is 4.58. The van der Waals surface area contributed by atoms with Gasteiger partial charge in [-0.3, -0.25) is 14.5 Å². The molecule has 0 aromatic heterocycles. The van der Waals surface area contributed by atoms with Crippen LogP contribution in [0.15, 0.2) is 24.3 Å². The quantitative estimate of drug-likeness (QED) is 0.785. The van der Waals surface area contributed by atoms with E-state index in [0.29, 0.717) is 18.4 Å². The molecule has 2 unspecified atom stereocenters. The maximum atomic E-state index is 12.0. The number of ether oxygens (including phenoxy) is 1. The summed E-state index contributed by atoms with van der Waals surface area (Å²) in [6, 6.07) is 6.71. The van der Waals surface area contributed by atoms with E-state index >= 15 is 0 Å². The molecule has 94 valence electrons. The molecule has 0 radical (unpaired) electrons. The lowest BCUT2D eigenvalue weighted by Crippen LogP contribution is -2.51. The van der Waals surface area contributed by atoms with Crippen LogP contribution in [0, 0.1) is 0 Å². The molecular weight excluding hydrogens is 234 g/mol. The summed E-state index contributed by atoms with van der Waals surface area (Å²) < 4.78 is 5.32. The first-order chi connectivity index (χ1) is 8.66. The topological polar surface area (TPSA) is 66.8 Å². The maximum Gasteiger partial charge on any atom is 0.258 e. The van der Waals surface area contributed by atoms with Gasteiger partial charge in [0.2, 0.25) is 0 Å². The third kappa shape index (κ3) is 1.67. The number of para-hydroxylation sites is 1. The van der Waals surface area contributed by atoms with Gasteiger partial charge in [-0.25, -0.2) is 0 Å². The fourth-order valence-electron chi connectivity index (χ4n) is 2.43. The first-order valence-corrected chi connectivity index (χ1v) is 5.94. The van der Waals surface area contributed by atoms with Crippen molar-refractivity contribution in [3.63, 3.8) is 0 Å². The van der Waals surface area contributed by atoms with E-state index in [4.69, 9.17) is 4.74 Å². The van der Waals surface area contributed by atoms with Crippen LogP contribution in [0.3, 0.4) is 0 Å². The number of fused-ring (bicyclic) bond motifs is 2. The molecule has 2 aliphatic rings. The van der Waals surface area contributed by atoms with Crippen molar-refractivity contribution in [2.24, 2.45) is 0 Å². The molecule has 0 aliphatic carbocycles. The van der Waals surface area contributed by atoms with E-state index in [0.717, 1.165) is 0 Å². The normalized spacial score (nSPS) is 26.8. The Morgan fingerprint density at radius 2 is 1.78 bits per heavy atom. The number of morpholine rings is 1. The predicted octanol–water partition coefficient (Wildman–Crippen LogP) is 0.809. The number of carbonyl (C=O) groups is 2. The van der Waals surface area contributed by atoms with Gasteiger partial charge in [0.25, 0.3) is 11.8 Å². The number of likely N-dealkylation sites (tertiary alicyclic amines) is 1. The number of phenolic OH excluding ortho intramolecular Hbond substituents is 1. The van der Waals surface area contributed by atoms with Crippen molar-refractivity contribution in [2.75, 3.05) is 0 Å². The van der Waals surface area contributed by atoms with Gasteiger partial charge < -0.3 is 9.84 Å². The number of imide groups is 1. The van der Waals surface area contributed by atoms with Crippen LogP contribution in [0.4, 0.5) is 0 Å². The Hall–Kier alpha value is -1.88. The number of amides is 2. The lowest BCUT2D eigenvalue weighted by Gasteiger charge is -2.30.